The number of amides is 1. The minimum absolute atomic E-state index is 0.00744. The van der Waals surface area contributed by atoms with Gasteiger partial charge in [0.1, 0.15) is 13.2 Å². The van der Waals surface area contributed by atoms with Crippen LogP contribution in [0.25, 0.3) is 0 Å². The van der Waals surface area contributed by atoms with E-state index in [2.05, 4.69) is 6.07 Å². The van der Waals surface area contributed by atoms with Crippen molar-refractivity contribution in [2.75, 3.05) is 26.3 Å². The van der Waals surface area contributed by atoms with Gasteiger partial charge >= 0.3 is 0 Å². The molecule has 0 radical (unpaired) electrons. The number of hydrogen-bond donors (Lipinski definition) is 0. The highest BCUT2D eigenvalue weighted by molar-refractivity contribution is 5.95. The molecule has 2 aliphatic rings. The lowest BCUT2D eigenvalue weighted by Gasteiger charge is -2.35. The fraction of sp³-hybridized carbons (Fsp3) is 0.500. The Morgan fingerprint density at radius 1 is 1.24 bits per heavy atom. The molecular weight excluding hydrogens is 268 g/mol. The van der Waals surface area contributed by atoms with Crippen LogP contribution in [0.3, 0.4) is 0 Å². The van der Waals surface area contributed by atoms with Gasteiger partial charge in [0.05, 0.1) is 11.5 Å². The Hall–Kier alpha value is -2.22. The van der Waals surface area contributed by atoms with Crippen molar-refractivity contribution in [1.29, 1.82) is 5.26 Å². The molecule has 0 unspecified atom stereocenters. The molecule has 0 spiro atoms. The predicted molar refractivity (Wildman–Crippen MR) is 76.3 cm³/mol. The maximum Gasteiger partial charge on any atom is 0.253 e. The monoisotopic (exact) mass is 286 g/mol. The second-order valence-electron chi connectivity index (χ2n) is 5.82. The fourth-order valence-corrected chi connectivity index (χ4v) is 2.67. The van der Waals surface area contributed by atoms with Crippen molar-refractivity contribution >= 4 is 5.91 Å². The first-order valence-electron chi connectivity index (χ1n) is 7.21. The van der Waals surface area contributed by atoms with Gasteiger partial charge in [-0.15, -0.1) is 0 Å². The van der Waals surface area contributed by atoms with Gasteiger partial charge in [-0.25, -0.2) is 0 Å². The normalized spacial score (nSPS) is 19.7. The lowest BCUT2D eigenvalue weighted by molar-refractivity contribution is 0.0660. The van der Waals surface area contributed by atoms with Crippen LogP contribution in [0.1, 0.15) is 30.1 Å². The number of fused-ring (bicyclic) bond motifs is 1. The number of likely N-dealkylation sites (tertiary alicyclic amines) is 1. The van der Waals surface area contributed by atoms with Crippen molar-refractivity contribution in [3.8, 4) is 17.6 Å². The van der Waals surface area contributed by atoms with Crippen LogP contribution in [0.4, 0.5) is 0 Å². The van der Waals surface area contributed by atoms with Crippen LogP contribution in [0.5, 0.6) is 11.5 Å². The smallest absolute Gasteiger partial charge is 0.253 e. The largest absolute Gasteiger partial charge is 0.486 e. The van der Waals surface area contributed by atoms with Crippen molar-refractivity contribution in [3.05, 3.63) is 23.8 Å². The summed E-state index contributed by atoms with van der Waals surface area (Å²) < 4.78 is 11.0. The number of hydrogen-bond acceptors (Lipinski definition) is 4. The number of piperidine rings is 1. The minimum atomic E-state index is -0.302. The van der Waals surface area contributed by atoms with Crippen LogP contribution in [0, 0.1) is 16.7 Å². The zero-order valence-electron chi connectivity index (χ0n) is 12.1. The summed E-state index contributed by atoms with van der Waals surface area (Å²) in [5.74, 6) is 1.31. The summed E-state index contributed by atoms with van der Waals surface area (Å²) in [6.07, 6.45) is 1.44. The van der Waals surface area contributed by atoms with E-state index in [1.165, 1.54) is 0 Å². The van der Waals surface area contributed by atoms with E-state index in [9.17, 15) is 4.79 Å². The number of carbonyl (C=O) groups excluding carboxylic acids is 1. The number of benzene rings is 1. The van der Waals surface area contributed by atoms with Gasteiger partial charge in [0.2, 0.25) is 0 Å². The second kappa shape index (κ2) is 5.28. The zero-order chi connectivity index (χ0) is 14.9. The lowest BCUT2D eigenvalue weighted by atomic mass is 9.82. The number of rotatable bonds is 1. The Balaban J connectivity index is 1.73. The molecule has 0 aliphatic carbocycles. The average Bonchev–Trinajstić information content (AvgIpc) is 2.54. The Morgan fingerprint density at radius 2 is 1.90 bits per heavy atom. The van der Waals surface area contributed by atoms with Gasteiger partial charge in [-0.2, -0.15) is 5.26 Å². The highest BCUT2D eigenvalue weighted by Crippen LogP contribution is 2.33. The summed E-state index contributed by atoms with van der Waals surface area (Å²) in [6.45, 7) is 4.25. The van der Waals surface area contributed by atoms with E-state index in [-0.39, 0.29) is 11.3 Å². The quantitative estimate of drug-likeness (QED) is 0.794. The number of nitriles is 1. The van der Waals surface area contributed by atoms with E-state index < -0.39 is 0 Å². The first-order chi connectivity index (χ1) is 10.1. The van der Waals surface area contributed by atoms with E-state index in [0.717, 1.165) is 12.8 Å². The van der Waals surface area contributed by atoms with Crippen molar-refractivity contribution in [1.82, 2.24) is 4.90 Å². The van der Waals surface area contributed by atoms with Crippen LogP contribution in [-0.4, -0.2) is 37.1 Å². The second-order valence-corrected chi connectivity index (χ2v) is 5.82. The summed E-state index contributed by atoms with van der Waals surface area (Å²) in [7, 11) is 0. The maximum absolute atomic E-state index is 12.5. The molecule has 1 saturated heterocycles. The molecule has 1 fully saturated rings. The summed E-state index contributed by atoms with van der Waals surface area (Å²) in [5.41, 5.74) is 0.309. The molecule has 5 heteroatoms. The maximum atomic E-state index is 12.5. The molecule has 21 heavy (non-hydrogen) atoms. The molecule has 2 heterocycles. The van der Waals surface area contributed by atoms with E-state index in [4.69, 9.17) is 14.7 Å². The summed E-state index contributed by atoms with van der Waals surface area (Å²) in [6, 6.07) is 7.65. The first kappa shape index (κ1) is 13.7. The molecule has 2 aliphatic heterocycles. The van der Waals surface area contributed by atoms with Gasteiger partial charge in [-0.05, 0) is 38.0 Å². The third-order valence-corrected chi connectivity index (χ3v) is 4.21. The first-order valence-corrected chi connectivity index (χ1v) is 7.21. The van der Waals surface area contributed by atoms with Gasteiger partial charge in [-0.1, -0.05) is 0 Å². The van der Waals surface area contributed by atoms with E-state index >= 15 is 0 Å². The minimum Gasteiger partial charge on any atom is -0.486 e. The van der Waals surface area contributed by atoms with E-state index in [1.807, 2.05) is 11.8 Å². The molecule has 1 aromatic rings. The Morgan fingerprint density at radius 3 is 2.57 bits per heavy atom. The molecule has 0 saturated carbocycles. The molecule has 0 bridgehead atoms. The molecule has 0 aromatic heterocycles. The predicted octanol–water partition coefficient (Wildman–Crippen LogP) is 2.22. The number of nitrogens with zero attached hydrogens (tertiary/aromatic N) is 2. The van der Waals surface area contributed by atoms with Crippen LogP contribution >= 0.6 is 0 Å². The average molecular weight is 286 g/mol. The van der Waals surface area contributed by atoms with E-state index in [0.29, 0.717) is 43.4 Å². The molecule has 0 N–H and O–H groups in total. The molecular formula is C16H18N2O3. The highest BCUT2D eigenvalue weighted by Gasteiger charge is 2.32. The molecule has 3 rings (SSSR count). The van der Waals surface area contributed by atoms with Gasteiger partial charge in [-0.3, -0.25) is 4.79 Å². The summed E-state index contributed by atoms with van der Waals surface area (Å²) >= 11 is 0. The SMILES string of the molecule is CC1(C#N)CCN(C(=O)c2ccc3c(c2)OCCO3)CC1. The van der Waals surface area contributed by atoms with E-state index in [1.54, 1.807) is 18.2 Å². The zero-order valence-corrected chi connectivity index (χ0v) is 12.1. The lowest BCUT2D eigenvalue weighted by Crippen LogP contribution is -2.41. The van der Waals surface area contributed by atoms with Crippen LogP contribution < -0.4 is 9.47 Å². The van der Waals surface area contributed by atoms with Crippen molar-refractivity contribution in [3.63, 3.8) is 0 Å². The Labute approximate surface area is 124 Å². The topological polar surface area (TPSA) is 62.6 Å². The Bertz CT molecular complexity index is 598. The van der Waals surface area contributed by atoms with Gasteiger partial charge in [0.15, 0.2) is 11.5 Å². The molecule has 110 valence electrons. The van der Waals surface area contributed by atoms with Gasteiger partial charge in [0.25, 0.3) is 5.91 Å². The summed E-state index contributed by atoms with van der Waals surface area (Å²) in [5, 5.41) is 9.14. The van der Waals surface area contributed by atoms with Crippen molar-refractivity contribution < 1.29 is 14.3 Å². The van der Waals surface area contributed by atoms with Crippen molar-refractivity contribution in [2.24, 2.45) is 5.41 Å². The number of carbonyl (C=O) groups is 1. The molecule has 1 aromatic carbocycles. The third-order valence-electron chi connectivity index (χ3n) is 4.21. The fourth-order valence-electron chi connectivity index (χ4n) is 2.67. The summed E-state index contributed by atoms with van der Waals surface area (Å²) in [4.78, 5) is 14.3. The highest BCUT2D eigenvalue weighted by atomic mass is 16.6. The Kier molecular flexibility index (Phi) is 3.46. The standard InChI is InChI=1S/C16H18N2O3/c1-16(11-17)4-6-18(7-5-16)15(19)12-2-3-13-14(10-12)21-9-8-20-13/h2-3,10H,4-9H2,1H3. The van der Waals surface area contributed by atoms with Gasteiger partial charge < -0.3 is 14.4 Å². The third kappa shape index (κ3) is 2.66. The van der Waals surface area contributed by atoms with Gasteiger partial charge in [0, 0.05) is 18.7 Å². The molecule has 0 atom stereocenters. The van der Waals surface area contributed by atoms with Crippen LogP contribution in [0.15, 0.2) is 18.2 Å². The molecule has 5 nitrogen and oxygen atoms in total. The van der Waals surface area contributed by atoms with Crippen LogP contribution in [-0.2, 0) is 0 Å². The number of ether oxygens (including phenoxy) is 2. The van der Waals surface area contributed by atoms with Crippen LogP contribution in [0.2, 0.25) is 0 Å². The molecule has 1 amide bonds. The van der Waals surface area contributed by atoms with Crippen molar-refractivity contribution in [2.45, 2.75) is 19.8 Å².